The van der Waals surface area contributed by atoms with E-state index in [1.165, 1.54) is 31.8 Å². The average molecular weight is 887 g/mol. The highest BCUT2D eigenvalue weighted by atomic mass is 16.5. The number of pyridine rings is 2. The Labute approximate surface area is 376 Å². The molecule has 330 valence electrons. The van der Waals surface area contributed by atoms with Crippen molar-refractivity contribution in [1.29, 1.82) is 0 Å². The van der Waals surface area contributed by atoms with Crippen molar-refractivity contribution >= 4 is 64.0 Å². The molecule has 0 aliphatic heterocycles. The van der Waals surface area contributed by atoms with Gasteiger partial charge in [0, 0.05) is 53.7 Å². The average Bonchev–Trinajstić information content (AvgIpc) is 3.31. The van der Waals surface area contributed by atoms with Gasteiger partial charge in [0.15, 0.2) is 0 Å². The largest absolute Gasteiger partial charge is 0.495 e. The summed E-state index contributed by atoms with van der Waals surface area (Å²) in [4.78, 5) is 75.5. The summed E-state index contributed by atoms with van der Waals surface area (Å²) in [5, 5.41) is 14.2. The van der Waals surface area contributed by atoms with Gasteiger partial charge in [0.2, 0.25) is 41.4 Å². The molecule has 66 heavy (non-hydrogen) atoms. The summed E-state index contributed by atoms with van der Waals surface area (Å²) in [5.41, 5.74) is 8.50. The number of methoxy groups -OCH3 is 1. The minimum atomic E-state index is -0.809. The number of carbonyl (C=O) groups excluding carboxylic acids is 4. The number of amides is 4. The fourth-order valence-electron chi connectivity index (χ4n) is 5.71. The third-order valence-electron chi connectivity index (χ3n) is 8.79. The molecule has 0 aliphatic rings. The molecule has 0 radical (unpaired) electrons. The monoisotopic (exact) mass is 886 g/mol. The van der Waals surface area contributed by atoms with Crippen LogP contribution in [0.3, 0.4) is 0 Å². The predicted octanol–water partition coefficient (Wildman–Crippen LogP) is 7.32. The van der Waals surface area contributed by atoms with Crippen LogP contribution in [0, 0.1) is 0 Å². The molecule has 0 fully saturated rings. The number of hydrogen-bond donors (Lipinski definition) is 6. The number of rotatable bonds is 19. The van der Waals surface area contributed by atoms with E-state index in [9.17, 15) is 19.2 Å². The van der Waals surface area contributed by atoms with Gasteiger partial charge in [-0.2, -0.15) is 9.97 Å². The van der Waals surface area contributed by atoms with E-state index in [1.54, 1.807) is 91.3 Å². The molecule has 20 nitrogen and oxygen atoms in total. The second-order valence-corrected chi connectivity index (χ2v) is 13.5. The van der Waals surface area contributed by atoms with E-state index in [2.05, 4.69) is 69.6 Å². The molecule has 7 aromatic rings. The SMILES string of the molecule is C=CC(=O)Nc1cccc(Oc2nc(Nc3ccc(OCc4cccc(NC(=O)c5cnc(Nc6cncc(OC)c6)nc5Oc5cccc(NC(=O)C=C)c5)c4)nc3)ncc2C(N)=O)c1. The standard InChI is InChI=1S/C46H38N12O8/c1-4-38(59)52-29-11-7-13-33(18-29)65-43-36(41(47)61)24-50-45(57-43)55-31-15-16-40(49-22-31)64-26-27-9-6-10-28(17-27)54-42(62)37-25-51-46(56-32-20-35(63-3)23-48-21-32)58-44(37)66-34-14-8-12-30(19-34)53-39(60)5-2/h4-25H,1-2,26H2,3H3,(H2,47,61)(H,52,59)(H,53,60)(H,54,62)(H,50,55,57)(H,51,56,58). The summed E-state index contributed by atoms with van der Waals surface area (Å²) in [6.45, 7) is 7.01. The number of aromatic nitrogens is 6. The lowest BCUT2D eigenvalue weighted by Crippen LogP contribution is -2.15. The van der Waals surface area contributed by atoms with Crippen LogP contribution in [0.2, 0.25) is 0 Å². The molecule has 20 heteroatoms. The van der Waals surface area contributed by atoms with Gasteiger partial charge in [-0.15, -0.1) is 0 Å². The molecule has 3 aromatic carbocycles. The molecule has 7 N–H and O–H groups in total. The molecule has 0 unspecified atom stereocenters. The van der Waals surface area contributed by atoms with Gasteiger partial charge in [0.1, 0.15) is 35.0 Å². The molecule has 7 rings (SSSR count). The van der Waals surface area contributed by atoms with Crippen LogP contribution in [0.4, 0.5) is 40.3 Å². The second-order valence-electron chi connectivity index (χ2n) is 13.5. The smallest absolute Gasteiger partial charge is 0.262 e. The molecule has 4 aromatic heterocycles. The zero-order valence-corrected chi connectivity index (χ0v) is 34.8. The van der Waals surface area contributed by atoms with Crippen LogP contribution in [0.15, 0.2) is 147 Å². The van der Waals surface area contributed by atoms with Crippen molar-refractivity contribution in [3.63, 3.8) is 0 Å². The summed E-state index contributed by atoms with van der Waals surface area (Å²) < 4.78 is 23.2. The van der Waals surface area contributed by atoms with Crippen LogP contribution >= 0.6 is 0 Å². The van der Waals surface area contributed by atoms with Crippen molar-refractivity contribution in [2.45, 2.75) is 6.61 Å². The van der Waals surface area contributed by atoms with Crippen LogP contribution in [0.5, 0.6) is 34.9 Å². The van der Waals surface area contributed by atoms with Crippen molar-refractivity contribution in [3.05, 3.63) is 164 Å². The Morgan fingerprint density at radius 2 is 1.18 bits per heavy atom. The summed E-state index contributed by atoms with van der Waals surface area (Å²) in [6.07, 6.45) is 9.40. The number of primary amides is 1. The molecule has 0 saturated carbocycles. The summed E-state index contributed by atoms with van der Waals surface area (Å²) in [6, 6.07) is 25.0. The maximum atomic E-state index is 13.8. The lowest BCUT2D eigenvalue weighted by atomic mass is 10.2. The molecular weight excluding hydrogens is 849 g/mol. The zero-order valence-electron chi connectivity index (χ0n) is 34.8. The second kappa shape index (κ2) is 20.9. The van der Waals surface area contributed by atoms with Crippen molar-refractivity contribution < 1.29 is 38.1 Å². The third-order valence-corrected chi connectivity index (χ3v) is 8.79. The van der Waals surface area contributed by atoms with Gasteiger partial charge >= 0.3 is 0 Å². The third kappa shape index (κ3) is 12.0. The van der Waals surface area contributed by atoms with Gasteiger partial charge in [0.05, 0.1) is 37.1 Å². The van der Waals surface area contributed by atoms with E-state index in [1.807, 2.05) is 6.07 Å². The van der Waals surface area contributed by atoms with Crippen molar-refractivity contribution in [2.24, 2.45) is 5.73 Å². The highest BCUT2D eigenvalue weighted by Gasteiger charge is 2.19. The summed E-state index contributed by atoms with van der Waals surface area (Å²) >= 11 is 0. The Bertz CT molecular complexity index is 2950. The molecule has 0 aliphatic carbocycles. The quantitative estimate of drug-likeness (QED) is 0.0434. The van der Waals surface area contributed by atoms with Crippen LogP contribution in [0.1, 0.15) is 26.3 Å². The maximum absolute atomic E-state index is 13.8. The Hall–Kier alpha value is -9.72. The maximum Gasteiger partial charge on any atom is 0.262 e. The van der Waals surface area contributed by atoms with E-state index in [-0.39, 0.29) is 58.8 Å². The van der Waals surface area contributed by atoms with Gasteiger partial charge < -0.3 is 51.3 Å². The molecular formula is C46H38N12O8. The molecule has 4 amide bonds. The lowest BCUT2D eigenvalue weighted by molar-refractivity contribution is -0.112. The fraction of sp³-hybridized carbons (Fsp3) is 0.0435. The van der Waals surface area contributed by atoms with Gasteiger partial charge in [0.25, 0.3) is 11.8 Å². The number of nitrogens with two attached hydrogens (primary N) is 1. The van der Waals surface area contributed by atoms with Crippen molar-refractivity contribution in [2.75, 3.05) is 33.7 Å². The first-order valence-electron chi connectivity index (χ1n) is 19.5. The van der Waals surface area contributed by atoms with Crippen LogP contribution in [-0.4, -0.2) is 60.6 Å². The molecule has 0 saturated heterocycles. The highest BCUT2D eigenvalue weighted by molar-refractivity contribution is 6.06. The van der Waals surface area contributed by atoms with Gasteiger partial charge in [-0.3, -0.25) is 24.2 Å². The van der Waals surface area contributed by atoms with Crippen LogP contribution in [0.25, 0.3) is 0 Å². The van der Waals surface area contributed by atoms with Gasteiger partial charge in [-0.05, 0) is 60.2 Å². The summed E-state index contributed by atoms with van der Waals surface area (Å²) in [5.74, 6) is -0.888. The normalized spacial score (nSPS) is 10.4. The first kappa shape index (κ1) is 44.3. The molecule has 0 spiro atoms. The Morgan fingerprint density at radius 3 is 1.77 bits per heavy atom. The molecule has 0 bridgehead atoms. The predicted molar refractivity (Wildman–Crippen MR) is 244 cm³/mol. The molecule has 0 atom stereocenters. The fourth-order valence-corrected chi connectivity index (χ4v) is 5.71. The number of carbonyl (C=O) groups is 4. The first-order chi connectivity index (χ1) is 32.0. The minimum Gasteiger partial charge on any atom is -0.495 e. The lowest BCUT2D eigenvalue weighted by Gasteiger charge is -2.14. The van der Waals surface area contributed by atoms with Crippen LogP contribution < -0.4 is 51.3 Å². The zero-order chi connectivity index (χ0) is 46.4. The number of hydrogen-bond acceptors (Lipinski definition) is 16. The van der Waals surface area contributed by atoms with Crippen molar-refractivity contribution in [1.82, 2.24) is 29.9 Å². The number of anilines is 7. The summed E-state index contributed by atoms with van der Waals surface area (Å²) in [7, 11) is 1.52. The van der Waals surface area contributed by atoms with E-state index >= 15 is 0 Å². The number of ether oxygens (including phenoxy) is 4. The Morgan fingerprint density at radius 1 is 0.606 bits per heavy atom. The Kier molecular flexibility index (Phi) is 14.0. The number of nitrogens with one attached hydrogen (secondary N) is 5. The first-order valence-corrected chi connectivity index (χ1v) is 19.5. The van der Waals surface area contributed by atoms with E-state index < -0.39 is 23.6 Å². The minimum absolute atomic E-state index is 0.00310. The topological polar surface area (TPSA) is 269 Å². The van der Waals surface area contributed by atoms with E-state index in [4.69, 9.17) is 24.7 Å². The van der Waals surface area contributed by atoms with E-state index in [0.717, 1.165) is 12.2 Å². The van der Waals surface area contributed by atoms with Crippen molar-refractivity contribution in [3.8, 4) is 34.9 Å². The van der Waals surface area contributed by atoms with Crippen LogP contribution in [-0.2, 0) is 16.2 Å². The number of benzene rings is 3. The molecule has 4 heterocycles. The van der Waals surface area contributed by atoms with Gasteiger partial charge in [-0.1, -0.05) is 37.4 Å². The van der Waals surface area contributed by atoms with Gasteiger partial charge in [-0.25, -0.2) is 15.0 Å². The van der Waals surface area contributed by atoms with E-state index in [0.29, 0.717) is 39.7 Å². The Balaban J connectivity index is 1.01. The number of nitrogens with zero attached hydrogens (tertiary/aromatic N) is 6. The highest BCUT2D eigenvalue weighted by Crippen LogP contribution is 2.30.